The summed E-state index contributed by atoms with van der Waals surface area (Å²) in [4.78, 5) is 11.5. The van der Waals surface area contributed by atoms with Crippen LogP contribution in [0.2, 0.25) is 0 Å². The molecule has 1 atom stereocenters. The van der Waals surface area contributed by atoms with Crippen molar-refractivity contribution in [2.24, 2.45) is 11.7 Å². The number of hydrogen-bond acceptors (Lipinski definition) is 3. The van der Waals surface area contributed by atoms with Crippen LogP contribution in [-0.4, -0.2) is 25.6 Å². The second-order valence-electron chi connectivity index (χ2n) is 4.56. The zero-order valence-electron chi connectivity index (χ0n) is 11.1. The fourth-order valence-corrected chi connectivity index (χ4v) is 1.54. The highest BCUT2D eigenvalue weighted by Crippen LogP contribution is 2.11. The number of aryl methyl sites for hydroxylation is 1. The molecular formula is C14H22N2O2. The standard InChI is InChI=1S/C14H22N2O2/c1-11-4-3-5-13(8-11)18-7-6-16-14(17)9-12(2)10-15/h3-5,8,12H,6-7,9-10,15H2,1-2H3,(H,16,17). The number of carbonyl (C=O) groups is 1. The Balaban J connectivity index is 2.17. The van der Waals surface area contributed by atoms with Gasteiger partial charge in [0.1, 0.15) is 12.4 Å². The molecule has 0 aliphatic heterocycles. The molecule has 1 rings (SSSR count). The van der Waals surface area contributed by atoms with Crippen molar-refractivity contribution in [2.75, 3.05) is 19.7 Å². The van der Waals surface area contributed by atoms with Crippen LogP contribution in [0.3, 0.4) is 0 Å². The van der Waals surface area contributed by atoms with Crippen LogP contribution in [0.5, 0.6) is 5.75 Å². The minimum absolute atomic E-state index is 0.0285. The average molecular weight is 250 g/mol. The van der Waals surface area contributed by atoms with Gasteiger partial charge in [-0.25, -0.2) is 0 Å². The summed E-state index contributed by atoms with van der Waals surface area (Å²) in [5.41, 5.74) is 6.62. The smallest absolute Gasteiger partial charge is 0.220 e. The molecule has 0 saturated heterocycles. The summed E-state index contributed by atoms with van der Waals surface area (Å²) in [6.07, 6.45) is 0.473. The molecule has 0 spiro atoms. The Hall–Kier alpha value is -1.55. The lowest BCUT2D eigenvalue weighted by Crippen LogP contribution is -2.30. The van der Waals surface area contributed by atoms with E-state index in [4.69, 9.17) is 10.5 Å². The van der Waals surface area contributed by atoms with E-state index < -0.39 is 0 Å². The maximum atomic E-state index is 11.5. The third-order valence-corrected chi connectivity index (χ3v) is 2.62. The molecule has 3 N–H and O–H groups in total. The summed E-state index contributed by atoms with van der Waals surface area (Å²) in [7, 11) is 0. The maximum absolute atomic E-state index is 11.5. The van der Waals surface area contributed by atoms with Gasteiger partial charge in [0.15, 0.2) is 0 Å². The van der Waals surface area contributed by atoms with Gasteiger partial charge in [-0.3, -0.25) is 4.79 Å². The molecule has 0 fully saturated rings. The van der Waals surface area contributed by atoms with Crippen LogP contribution in [0, 0.1) is 12.8 Å². The quantitative estimate of drug-likeness (QED) is 0.720. The highest BCUT2D eigenvalue weighted by molar-refractivity contribution is 5.76. The van der Waals surface area contributed by atoms with Gasteiger partial charge in [0, 0.05) is 6.42 Å². The monoisotopic (exact) mass is 250 g/mol. The Kier molecular flexibility index (Phi) is 6.22. The molecule has 18 heavy (non-hydrogen) atoms. The molecule has 1 unspecified atom stereocenters. The Labute approximate surface area is 109 Å². The number of hydrogen-bond donors (Lipinski definition) is 2. The molecule has 100 valence electrons. The van der Waals surface area contributed by atoms with Gasteiger partial charge in [0.05, 0.1) is 6.54 Å². The topological polar surface area (TPSA) is 64.3 Å². The van der Waals surface area contributed by atoms with E-state index in [0.717, 1.165) is 11.3 Å². The lowest BCUT2D eigenvalue weighted by atomic mass is 10.1. The minimum Gasteiger partial charge on any atom is -0.492 e. The number of ether oxygens (including phenoxy) is 1. The zero-order chi connectivity index (χ0) is 13.4. The van der Waals surface area contributed by atoms with Crippen molar-refractivity contribution in [3.8, 4) is 5.75 Å². The highest BCUT2D eigenvalue weighted by Gasteiger charge is 2.06. The van der Waals surface area contributed by atoms with Gasteiger partial charge in [0.25, 0.3) is 0 Å². The molecule has 0 aromatic heterocycles. The van der Waals surface area contributed by atoms with Crippen molar-refractivity contribution in [1.82, 2.24) is 5.32 Å². The van der Waals surface area contributed by atoms with Crippen LogP contribution in [0.15, 0.2) is 24.3 Å². The summed E-state index contributed by atoms with van der Waals surface area (Å²) < 4.78 is 5.53. The fourth-order valence-electron chi connectivity index (χ4n) is 1.54. The first kappa shape index (κ1) is 14.5. The first-order valence-electron chi connectivity index (χ1n) is 6.28. The van der Waals surface area contributed by atoms with Crippen molar-refractivity contribution in [1.29, 1.82) is 0 Å². The molecule has 0 saturated carbocycles. The highest BCUT2D eigenvalue weighted by atomic mass is 16.5. The van der Waals surface area contributed by atoms with Gasteiger partial charge >= 0.3 is 0 Å². The van der Waals surface area contributed by atoms with Crippen LogP contribution in [0.1, 0.15) is 18.9 Å². The summed E-state index contributed by atoms with van der Waals surface area (Å²) in [5, 5.41) is 2.81. The molecule has 0 aliphatic rings. The Morgan fingerprint density at radius 3 is 2.94 bits per heavy atom. The summed E-state index contributed by atoms with van der Waals surface area (Å²) in [6, 6.07) is 7.85. The minimum atomic E-state index is 0.0285. The van der Waals surface area contributed by atoms with Crippen molar-refractivity contribution >= 4 is 5.91 Å². The van der Waals surface area contributed by atoms with Gasteiger partial charge in [-0.1, -0.05) is 19.1 Å². The molecule has 1 amide bonds. The van der Waals surface area contributed by atoms with Gasteiger partial charge in [-0.05, 0) is 37.1 Å². The Bertz CT molecular complexity index is 380. The van der Waals surface area contributed by atoms with Crippen LogP contribution in [0.25, 0.3) is 0 Å². The van der Waals surface area contributed by atoms with Gasteiger partial charge < -0.3 is 15.8 Å². The average Bonchev–Trinajstić information content (AvgIpc) is 2.34. The largest absolute Gasteiger partial charge is 0.492 e. The number of nitrogens with two attached hydrogens (primary N) is 1. The molecule has 1 aromatic rings. The van der Waals surface area contributed by atoms with E-state index in [0.29, 0.717) is 26.1 Å². The first-order chi connectivity index (χ1) is 8.61. The number of nitrogens with one attached hydrogen (secondary N) is 1. The van der Waals surface area contributed by atoms with E-state index in [-0.39, 0.29) is 11.8 Å². The molecule has 0 radical (unpaired) electrons. The van der Waals surface area contributed by atoms with Crippen molar-refractivity contribution in [3.05, 3.63) is 29.8 Å². The predicted molar refractivity (Wildman–Crippen MR) is 72.5 cm³/mol. The summed E-state index contributed by atoms with van der Waals surface area (Å²) in [6.45, 7) is 5.51. The second kappa shape index (κ2) is 7.71. The summed E-state index contributed by atoms with van der Waals surface area (Å²) >= 11 is 0. The van der Waals surface area contributed by atoms with Crippen molar-refractivity contribution < 1.29 is 9.53 Å². The van der Waals surface area contributed by atoms with Crippen LogP contribution < -0.4 is 15.8 Å². The zero-order valence-corrected chi connectivity index (χ0v) is 11.1. The predicted octanol–water partition coefficient (Wildman–Crippen LogP) is 1.47. The molecule has 4 heteroatoms. The number of benzene rings is 1. The Morgan fingerprint density at radius 1 is 1.50 bits per heavy atom. The maximum Gasteiger partial charge on any atom is 0.220 e. The van der Waals surface area contributed by atoms with E-state index in [1.165, 1.54) is 0 Å². The Morgan fingerprint density at radius 2 is 2.28 bits per heavy atom. The fraction of sp³-hybridized carbons (Fsp3) is 0.500. The molecule has 4 nitrogen and oxygen atoms in total. The van der Waals surface area contributed by atoms with Crippen molar-refractivity contribution in [3.63, 3.8) is 0 Å². The van der Waals surface area contributed by atoms with E-state index in [1.807, 2.05) is 38.1 Å². The number of carbonyl (C=O) groups excluding carboxylic acids is 1. The van der Waals surface area contributed by atoms with E-state index in [9.17, 15) is 4.79 Å². The molecule has 0 bridgehead atoms. The summed E-state index contributed by atoms with van der Waals surface area (Å²) in [5.74, 6) is 1.09. The van der Waals surface area contributed by atoms with Gasteiger partial charge in [-0.2, -0.15) is 0 Å². The molecular weight excluding hydrogens is 228 g/mol. The van der Waals surface area contributed by atoms with Gasteiger partial charge in [0.2, 0.25) is 5.91 Å². The third-order valence-electron chi connectivity index (χ3n) is 2.62. The van der Waals surface area contributed by atoms with Crippen molar-refractivity contribution in [2.45, 2.75) is 20.3 Å². The van der Waals surface area contributed by atoms with E-state index in [2.05, 4.69) is 5.32 Å². The van der Waals surface area contributed by atoms with Gasteiger partial charge in [-0.15, -0.1) is 0 Å². The SMILES string of the molecule is Cc1cccc(OCCNC(=O)CC(C)CN)c1. The molecule has 0 heterocycles. The second-order valence-corrected chi connectivity index (χ2v) is 4.56. The normalized spacial score (nSPS) is 11.9. The van der Waals surface area contributed by atoms with Crippen LogP contribution >= 0.6 is 0 Å². The third kappa shape index (κ3) is 5.68. The first-order valence-corrected chi connectivity index (χ1v) is 6.28. The lowest BCUT2D eigenvalue weighted by Gasteiger charge is -2.10. The molecule has 0 aliphatic carbocycles. The van der Waals surface area contributed by atoms with E-state index >= 15 is 0 Å². The van der Waals surface area contributed by atoms with E-state index in [1.54, 1.807) is 0 Å². The number of amides is 1. The lowest BCUT2D eigenvalue weighted by molar-refractivity contribution is -0.121. The van der Waals surface area contributed by atoms with Crippen LogP contribution in [0.4, 0.5) is 0 Å². The number of rotatable bonds is 7. The van der Waals surface area contributed by atoms with Crippen LogP contribution in [-0.2, 0) is 4.79 Å². The molecule has 1 aromatic carbocycles.